The zero-order chi connectivity index (χ0) is 8.06. The monoisotopic (exact) mass is 181 g/mol. The van der Waals surface area contributed by atoms with Gasteiger partial charge in [-0.05, 0) is 5.16 Å². The minimum Gasteiger partial charge on any atom is -0.286 e. The molecule has 3 rings (SSSR count). The average molecular weight is 181 g/mol. The zero-order valence-electron chi connectivity index (χ0n) is 5.08. The number of hydroxylamine groups is 2. The lowest BCUT2D eigenvalue weighted by atomic mass is 11.0. The highest BCUT2D eigenvalue weighted by molar-refractivity contribution is 7.48. The first-order chi connectivity index (χ1) is 5.11. The van der Waals surface area contributed by atoms with Crippen LogP contribution in [0, 0.1) is 0 Å². The van der Waals surface area contributed by atoms with Gasteiger partial charge in [0.15, 0.2) is 0 Å². The molecule has 0 aromatic carbocycles. The molecule has 3 aliphatic rings. The summed E-state index contributed by atoms with van der Waals surface area (Å²) in [6, 6.07) is 0. The van der Waals surface area contributed by atoms with Crippen molar-refractivity contribution in [1.29, 1.82) is 0 Å². The molecule has 0 atom stereocenters. The van der Waals surface area contributed by atoms with E-state index in [1.807, 2.05) is 0 Å². The van der Waals surface area contributed by atoms with Crippen molar-refractivity contribution in [3.63, 3.8) is 0 Å². The van der Waals surface area contributed by atoms with Crippen molar-refractivity contribution in [1.82, 2.24) is 10.3 Å². The third-order valence-electron chi connectivity index (χ3n) is 0.993. The van der Waals surface area contributed by atoms with Gasteiger partial charge in [-0.1, -0.05) is 0 Å². The number of hydrogen-bond donors (Lipinski definition) is 2. The standard InChI is InChI=1S/CH4N5O4P/c2-5-1-4-8-11(7,9-5)10-6(1)3/h2-3H2. The van der Waals surface area contributed by atoms with Crippen LogP contribution in [0.15, 0.2) is 5.16 Å². The van der Waals surface area contributed by atoms with Crippen molar-refractivity contribution in [3.05, 3.63) is 0 Å². The molecule has 2 bridgehead atoms. The first-order valence-electron chi connectivity index (χ1n) is 2.47. The normalized spacial score (nSPS) is 26.5. The van der Waals surface area contributed by atoms with Gasteiger partial charge in [0, 0.05) is 0 Å². The lowest BCUT2D eigenvalue weighted by Gasteiger charge is -2.35. The number of hydrogen-bond acceptors (Lipinski definition) is 9. The van der Waals surface area contributed by atoms with E-state index < -0.39 is 7.82 Å². The molecule has 0 saturated carbocycles. The van der Waals surface area contributed by atoms with Gasteiger partial charge in [-0.25, -0.2) is 16.3 Å². The van der Waals surface area contributed by atoms with Crippen LogP contribution in [-0.4, -0.2) is 16.3 Å². The minimum absolute atomic E-state index is 0.122. The van der Waals surface area contributed by atoms with Gasteiger partial charge >= 0.3 is 13.8 Å². The van der Waals surface area contributed by atoms with E-state index in [1.165, 1.54) is 0 Å². The van der Waals surface area contributed by atoms with Crippen molar-refractivity contribution in [2.75, 3.05) is 0 Å². The Morgan fingerprint density at radius 3 is 2.27 bits per heavy atom. The Hall–Kier alpha value is -0.860. The second-order valence-electron chi connectivity index (χ2n) is 1.74. The Balaban J connectivity index is 2.40. The molecule has 10 heteroatoms. The van der Waals surface area contributed by atoms with Crippen molar-refractivity contribution in [2.24, 2.45) is 16.8 Å². The molecule has 3 heterocycles. The molecule has 4 N–H and O–H groups in total. The van der Waals surface area contributed by atoms with Crippen molar-refractivity contribution in [3.8, 4) is 0 Å². The molecule has 1 saturated heterocycles. The molecule has 0 aromatic rings. The molecular formula is CH4N5O4P. The van der Waals surface area contributed by atoms with Crippen molar-refractivity contribution >= 4 is 13.8 Å². The van der Waals surface area contributed by atoms with Gasteiger partial charge in [-0.3, -0.25) is 4.62 Å². The van der Waals surface area contributed by atoms with Crippen LogP contribution >= 0.6 is 7.82 Å². The van der Waals surface area contributed by atoms with Gasteiger partial charge in [0.05, 0.1) is 0 Å². The molecule has 11 heavy (non-hydrogen) atoms. The summed E-state index contributed by atoms with van der Waals surface area (Å²) >= 11 is 0. The van der Waals surface area contributed by atoms with Gasteiger partial charge < -0.3 is 0 Å². The summed E-state index contributed by atoms with van der Waals surface area (Å²) in [6.45, 7) is 0. The van der Waals surface area contributed by atoms with E-state index in [0.717, 1.165) is 0 Å². The summed E-state index contributed by atoms with van der Waals surface area (Å²) in [5.41, 5.74) is 0. The molecule has 0 spiro atoms. The summed E-state index contributed by atoms with van der Waals surface area (Å²) in [5, 5.41) is 4.45. The van der Waals surface area contributed by atoms with E-state index in [-0.39, 0.29) is 5.96 Å². The number of phosphoric acid groups is 1. The second kappa shape index (κ2) is 1.84. The number of rotatable bonds is 0. The number of oxime groups is 1. The molecular weight excluding hydrogens is 177 g/mol. The maximum absolute atomic E-state index is 11.0. The van der Waals surface area contributed by atoms with E-state index in [1.54, 1.807) is 0 Å². The lowest BCUT2D eigenvalue weighted by molar-refractivity contribution is -0.170. The molecule has 3 aliphatic heterocycles. The summed E-state index contributed by atoms with van der Waals surface area (Å²) in [5.74, 6) is 10.1. The van der Waals surface area contributed by atoms with Crippen LogP contribution in [0.2, 0.25) is 0 Å². The van der Waals surface area contributed by atoms with Crippen LogP contribution in [0.3, 0.4) is 0 Å². The van der Waals surface area contributed by atoms with Gasteiger partial charge in [-0.2, -0.15) is 0 Å². The lowest BCUT2D eigenvalue weighted by Crippen LogP contribution is -2.56. The van der Waals surface area contributed by atoms with Gasteiger partial charge in [0.1, 0.15) is 0 Å². The Morgan fingerprint density at radius 1 is 1.36 bits per heavy atom. The highest BCUT2D eigenvalue weighted by Crippen LogP contribution is 2.55. The molecule has 0 radical (unpaired) electrons. The largest absolute Gasteiger partial charge is 0.597 e. The predicted molar refractivity (Wildman–Crippen MR) is 30.3 cm³/mol. The van der Waals surface area contributed by atoms with Gasteiger partial charge in [0.2, 0.25) is 0 Å². The number of guanidine groups is 1. The molecule has 0 aromatic heterocycles. The van der Waals surface area contributed by atoms with E-state index >= 15 is 0 Å². The maximum Gasteiger partial charge on any atom is 0.597 e. The fourth-order valence-electron chi connectivity index (χ4n) is 0.597. The number of nitrogens with two attached hydrogens (primary N) is 2. The first kappa shape index (κ1) is 6.83. The molecule has 1 fully saturated rings. The van der Waals surface area contributed by atoms with Crippen molar-refractivity contribution in [2.45, 2.75) is 0 Å². The fourth-order valence-corrected chi connectivity index (χ4v) is 1.44. The molecule has 0 amide bonds. The van der Waals surface area contributed by atoms with Crippen LogP contribution in [0.5, 0.6) is 0 Å². The summed E-state index contributed by atoms with van der Waals surface area (Å²) in [6.07, 6.45) is 0. The van der Waals surface area contributed by atoms with Crippen LogP contribution in [0.1, 0.15) is 0 Å². The van der Waals surface area contributed by atoms with Crippen LogP contribution < -0.4 is 11.7 Å². The summed E-state index contributed by atoms with van der Waals surface area (Å²) < 4.78 is 24.1. The quantitative estimate of drug-likeness (QED) is 0.347. The first-order valence-corrected chi connectivity index (χ1v) is 3.93. The van der Waals surface area contributed by atoms with Crippen LogP contribution in [-0.2, 0) is 18.4 Å². The Labute approximate surface area is 60.5 Å². The summed E-state index contributed by atoms with van der Waals surface area (Å²) in [7, 11) is -3.73. The highest BCUT2D eigenvalue weighted by Gasteiger charge is 2.48. The Kier molecular flexibility index (Phi) is 1.14. The van der Waals surface area contributed by atoms with Crippen LogP contribution in [0.25, 0.3) is 0 Å². The Bertz CT molecular complexity index is 245. The smallest absolute Gasteiger partial charge is 0.286 e. The highest BCUT2D eigenvalue weighted by atomic mass is 31.2. The SMILES string of the molecule is NN1OP2(=O)ON=C1N(N)O2. The number of hydrazine groups is 2. The van der Waals surface area contributed by atoms with Gasteiger partial charge in [0.25, 0.3) is 0 Å². The van der Waals surface area contributed by atoms with E-state index in [4.69, 9.17) is 11.7 Å². The van der Waals surface area contributed by atoms with E-state index in [9.17, 15) is 4.57 Å². The predicted octanol–water partition coefficient (Wildman–Crippen LogP) is -1.38. The molecule has 0 unspecified atom stereocenters. The average Bonchev–Trinajstić information content (AvgIpc) is 1.83. The van der Waals surface area contributed by atoms with Crippen LogP contribution in [0.4, 0.5) is 0 Å². The molecule has 9 nitrogen and oxygen atoms in total. The topological polar surface area (TPSA) is 116 Å². The number of nitrogens with zero attached hydrogens (tertiary/aromatic N) is 3. The maximum atomic E-state index is 11.0. The van der Waals surface area contributed by atoms with E-state index in [0.29, 0.717) is 10.3 Å². The second-order valence-corrected chi connectivity index (χ2v) is 3.12. The summed E-state index contributed by atoms with van der Waals surface area (Å²) in [4.78, 5) is 0. The number of fused-ring (bicyclic) bond motifs is 3. The zero-order valence-corrected chi connectivity index (χ0v) is 5.97. The van der Waals surface area contributed by atoms with Crippen molar-refractivity contribution < 1.29 is 18.4 Å². The molecule has 0 aliphatic carbocycles. The Morgan fingerprint density at radius 2 is 1.91 bits per heavy atom. The third kappa shape index (κ3) is 0.870. The molecule has 62 valence electrons. The van der Waals surface area contributed by atoms with Gasteiger partial charge in [-0.15, -0.1) is 19.6 Å². The minimum atomic E-state index is -3.73. The third-order valence-corrected chi connectivity index (χ3v) is 2.03. The fraction of sp³-hybridized carbons (Fsp3) is 0. The van der Waals surface area contributed by atoms with E-state index in [2.05, 4.69) is 19.0 Å².